The third-order valence-electron chi connectivity index (χ3n) is 3.43. The third-order valence-corrected chi connectivity index (χ3v) is 5.95. The van der Waals surface area contributed by atoms with Crippen molar-refractivity contribution in [3.05, 3.63) is 34.9 Å². The van der Waals surface area contributed by atoms with E-state index in [9.17, 15) is 9.46 Å². The van der Waals surface area contributed by atoms with E-state index in [-0.39, 0.29) is 0 Å². The Labute approximate surface area is 124 Å². The summed E-state index contributed by atoms with van der Waals surface area (Å²) in [5.41, 5.74) is 1.15. The van der Waals surface area contributed by atoms with Crippen LogP contribution >= 0.6 is 19.0 Å². The fraction of sp³-hybridized carbons (Fsp3) is 0.571. The molecular weight excluding hydrogens is 297 g/mol. The largest absolute Gasteiger partial charge is 0.368 e. The summed E-state index contributed by atoms with van der Waals surface area (Å²) >= 11 is 5.82. The average molecular weight is 318 g/mol. The van der Waals surface area contributed by atoms with E-state index in [2.05, 4.69) is 5.32 Å². The van der Waals surface area contributed by atoms with Gasteiger partial charge in [-0.3, -0.25) is 4.57 Å². The number of benzene rings is 1. The number of halogens is 1. The van der Waals surface area contributed by atoms with Crippen LogP contribution in [0.25, 0.3) is 0 Å². The van der Waals surface area contributed by atoms with Crippen molar-refractivity contribution in [2.45, 2.75) is 31.7 Å². The Hall–Kier alpha value is -0.380. The second-order valence-electron chi connectivity index (χ2n) is 5.10. The molecule has 0 spiro atoms. The summed E-state index contributed by atoms with van der Waals surface area (Å²) in [6.45, 7) is 2.08. The Morgan fingerprint density at radius 2 is 2.15 bits per heavy atom. The molecule has 1 aromatic rings. The Bertz CT molecular complexity index is 460. The maximum absolute atomic E-state index is 12.1. The third kappa shape index (κ3) is 4.87. The van der Waals surface area contributed by atoms with Gasteiger partial charge in [-0.1, -0.05) is 23.7 Å². The van der Waals surface area contributed by atoms with Crippen LogP contribution in [-0.2, 0) is 15.8 Å². The van der Waals surface area contributed by atoms with E-state index in [1.807, 2.05) is 24.3 Å². The molecule has 1 aliphatic rings. The van der Waals surface area contributed by atoms with Crippen LogP contribution in [0.2, 0.25) is 5.02 Å². The van der Waals surface area contributed by atoms with Gasteiger partial charge in [-0.25, -0.2) is 0 Å². The van der Waals surface area contributed by atoms with Gasteiger partial charge in [0, 0.05) is 24.3 Å². The average Bonchev–Trinajstić information content (AvgIpc) is 2.95. The number of hydrogen-bond acceptors (Lipinski definition) is 3. The maximum atomic E-state index is 12.1. The first kappa shape index (κ1) is 16.0. The number of rotatable bonds is 7. The van der Waals surface area contributed by atoms with Crippen molar-refractivity contribution in [1.29, 1.82) is 0 Å². The Kier molecular flexibility index (Phi) is 6.06. The van der Waals surface area contributed by atoms with Crippen molar-refractivity contribution >= 4 is 19.0 Å². The summed E-state index contributed by atoms with van der Waals surface area (Å²) in [5, 5.41) is 4.00. The van der Waals surface area contributed by atoms with E-state index >= 15 is 0 Å². The van der Waals surface area contributed by atoms with Gasteiger partial charge in [-0.15, -0.1) is 0 Å². The molecule has 2 atom stereocenters. The lowest BCUT2D eigenvalue weighted by atomic mass is 10.2. The Balaban J connectivity index is 1.63. The molecule has 2 rings (SSSR count). The first-order valence-corrected chi connectivity index (χ1v) is 9.25. The van der Waals surface area contributed by atoms with E-state index in [1.54, 1.807) is 0 Å². The minimum Gasteiger partial charge on any atom is -0.368 e. The van der Waals surface area contributed by atoms with Crippen LogP contribution in [0.15, 0.2) is 24.3 Å². The first-order valence-electron chi connectivity index (χ1n) is 6.96. The smallest absolute Gasteiger partial charge is 0.228 e. The van der Waals surface area contributed by atoms with E-state index in [0.717, 1.165) is 30.1 Å². The van der Waals surface area contributed by atoms with Crippen molar-refractivity contribution in [3.63, 3.8) is 0 Å². The Morgan fingerprint density at radius 3 is 2.80 bits per heavy atom. The van der Waals surface area contributed by atoms with Gasteiger partial charge in [-0.2, -0.15) is 0 Å². The predicted octanol–water partition coefficient (Wildman–Crippen LogP) is 3.23. The van der Waals surface area contributed by atoms with Gasteiger partial charge < -0.3 is 14.9 Å². The molecule has 0 radical (unpaired) electrons. The van der Waals surface area contributed by atoms with Gasteiger partial charge in [0.2, 0.25) is 7.37 Å². The van der Waals surface area contributed by atoms with Crippen LogP contribution in [0, 0.1) is 0 Å². The number of nitrogens with one attached hydrogen (secondary N) is 1. The van der Waals surface area contributed by atoms with Crippen LogP contribution in [-0.4, -0.2) is 30.1 Å². The summed E-state index contributed by atoms with van der Waals surface area (Å²) in [5.74, 6) is -0.432. The highest BCUT2D eigenvalue weighted by Crippen LogP contribution is 2.50. The van der Waals surface area contributed by atoms with Crippen molar-refractivity contribution in [1.82, 2.24) is 5.32 Å². The molecule has 1 aliphatic heterocycles. The zero-order chi connectivity index (χ0) is 14.4. The lowest BCUT2D eigenvalue weighted by Gasteiger charge is -2.17. The molecule has 1 heterocycles. The van der Waals surface area contributed by atoms with E-state index < -0.39 is 13.2 Å². The summed E-state index contributed by atoms with van der Waals surface area (Å²) in [6, 6.07) is 7.66. The topological polar surface area (TPSA) is 58.6 Å². The second-order valence-corrected chi connectivity index (χ2v) is 8.07. The molecule has 1 saturated heterocycles. The van der Waals surface area contributed by atoms with E-state index in [0.29, 0.717) is 25.6 Å². The molecule has 0 aliphatic carbocycles. The van der Waals surface area contributed by atoms with Gasteiger partial charge in [0.25, 0.3) is 0 Å². The molecule has 2 unspecified atom stereocenters. The highest BCUT2D eigenvalue weighted by Gasteiger charge is 2.33. The molecular formula is C14H21ClNO3P. The maximum Gasteiger partial charge on any atom is 0.228 e. The SMILES string of the molecule is O=P(O)(CCCNCc1ccc(Cl)cc1)C1CCCO1. The molecule has 1 fully saturated rings. The minimum atomic E-state index is -3.14. The highest BCUT2D eigenvalue weighted by atomic mass is 35.5. The standard InChI is InChI=1S/C14H21ClNO3P/c15-13-6-4-12(5-7-13)11-16-8-2-10-20(17,18)14-3-1-9-19-14/h4-7,14,16H,1-3,8-11H2,(H,17,18). The zero-order valence-electron chi connectivity index (χ0n) is 11.4. The van der Waals surface area contributed by atoms with Crippen molar-refractivity contribution in [2.75, 3.05) is 19.3 Å². The molecule has 112 valence electrons. The van der Waals surface area contributed by atoms with Gasteiger partial charge in [-0.05, 0) is 43.5 Å². The van der Waals surface area contributed by atoms with Gasteiger partial charge in [0.1, 0.15) is 5.85 Å². The summed E-state index contributed by atoms with van der Waals surface area (Å²) in [4.78, 5) is 9.95. The molecule has 4 nitrogen and oxygen atoms in total. The fourth-order valence-corrected chi connectivity index (χ4v) is 4.24. The zero-order valence-corrected chi connectivity index (χ0v) is 13.1. The van der Waals surface area contributed by atoms with Crippen LogP contribution in [0.3, 0.4) is 0 Å². The summed E-state index contributed by atoms with van der Waals surface area (Å²) < 4.78 is 17.4. The van der Waals surface area contributed by atoms with Crippen LogP contribution in [0.1, 0.15) is 24.8 Å². The van der Waals surface area contributed by atoms with Crippen molar-refractivity contribution < 1.29 is 14.2 Å². The molecule has 20 heavy (non-hydrogen) atoms. The van der Waals surface area contributed by atoms with Crippen molar-refractivity contribution in [3.8, 4) is 0 Å². The molecule has 2 N–H and O–H groups in total. The fourth-order valence-electron chi connectivity index (χ4n) is 2.29. The lowest BCUT2D eigenvalue weighted by molar-refractivity contribution is 0.154. The van der Waals surface area contributed by atoms with Gasteiger partial charge in [0.15, 0.2) is 0 Å². The molecule has 0 saturated carbocycles. The molecule has 6 heteroatoms. The molecule has 0 amide bonds. The minimum absolute atomic E-state index is 0.325. The van der Waals surface area contributed by atoms with Crippen LogP contribution < -0.4 is 5.32 Å². The van der Waals surface area contributed by atoms with E-state index in [1.165, 1.54) is 0 Å². The number of ether oxygens (including phenoxy) is 1. The van der Waals surface area contributed by atoms with Crippen LogP contribution in [0.5, 0.6) is 0 Å². The lowest BCUT2D eigenvalue weighted by Crippen LogP contribution is -2.17. The molecule has 1 aromatic carbocycles. The van der Waals surface area contributed by atoms with Crippen LogP contribution in [0.4, 0.5) is 0 Å². The summed E-state index contributed by atoms with van der Waals surface area (Å²) in [7, 11) is -3.14. The first-order chi connectivity index (χ1) is 9.58. The van der Waals surface area contributed by atoms with Crippen molar-refractivity contribution in [2.24, 2.45) is 0 Å². The second kappa shape index (κ2) is 7.58. The van der Waals surface area contributed by atoms with Gasteiger partial charge >= 0.3 is 0 Å². The normalized spacial score (nSPS) is 21.8. The van der Waals surface area contributed by atoms with E-state index in [4.69, 9.17) is 16.3 Å². The highest BCUT2D eigenvalue weighted by molar-refractivity contribution is 7.58. The molecule has 0 aromatic heterocycles. The predicted molar refractivity (Wildman–Crippen MR) is 81.4 cm³/mol. The number of hydrogen-bond donors (Lipinski definition) is 2. The van der Waals surface area contributed by atoms with Gasteiger partial charge in [0.05, 0.1) is 0 Å². The quantitative estimate of drug-likeness (QED) is 0.599. The summed E-state index contributed by atoms with van der Waals surface area (Å²) in [6.07, 6.45) is 2.61. The Morgan fingerprint density at radius 1 is 1.40 bits per heavy atom. The molecule has 0 bridgehead atoms. The monoisotopic (exact) mass is 317 g/mol.